The lowest BCUT2D eigenvalue weighted by atomic mass is 10.0. The summed E-state index contributed by atoms with van der Waals surface area (Å²) in [7, 11) is 0. The number of benzene rings is 2. The summed E-state index contributed by atoms with van der Waals surface area (Å²) < 4.78 is 5.32. The van der Waals surface area contributed by atoms with Gasteiger partial charge in [0.15, 0.2) is 5.58 Å². The van der Waals surface area contributed by atoms with Crippen LogP contribution in [-0.4, -0.2) is 4.92 Å². The van der Waals surface area contributed by atoms with Gasteiger partial charge in [-0.2, -0.15) is 0 Å². The third-order valence-electron chi connectivity index (χ3n) is 2.96. The minimum atomic E-state index is -0.526. The molecule has 0 saturated carbocycles. The summed E-state index contributed by atoms with van der Waals surface area (Å²) in [6.07, 6.45) is 0. The molecule has 0 atom stereocenters. The van der Waals surface area contributed by atoms with Gasteiger partial charge in [-0.05, 0) is 11.6 Å². The van der Waals surface area contributed by atoms with Crippen LogP contribution in [0.15, 0.2) is 52.9 Å². The lowest BCUT2D eigenvalue weighted by Gasteiger charge is -1.97. The molecule has 3 rings (SSSR count). The summed E-state index contributed by atoms with van der Waals surface area (Å²) in [6, 6.07) is 14.3. The predicted molar refractivity (Wildman–Crippen MR) is 72.7 cm³/mol. The van der Waals surface area contributed by atoms with Gasteiger partial charge in [-0.25, -0.2) is 0 Å². The molecule has 1 heterocycles. The van der Waals surface area contributed by atoms with E-state index >= 15 is 0 Å². The number of fused-ring (bicyclic) bond motifs is 1. The van der Waals surface area contributed by atoms with E-state index in [0.717, 1.165) is 5.56 Å². The molecule has 0 saturated heterocycles. The summed E-state index contributed by atoms with van der Waals surface area (Å²) in [4.78, 5) is 10.6. The molecule has 0 radical (unpaired) electrons. The number of furan rings is 1. The number of rotatable bonds is 2. The van der Waals surface area contributed by atoms with Crippen LogP contribution < -0.4 is 5.73 Å². The van der Waals surface area contributed by atoms with Crippen molar-refractivity contribution >= 4 is 22.5 Å². The molecule has 2 N–H and O–H groups in total. The highest BCUT2D eigenvalue weighted by molar-refractivity contribution is 6.02. The molecule has 94 valence electrons. The van der Waals surface area contributed by atoms with Crippen molar-refractivity contribution in [3.63, 3.8) is 0 Å². The third kappa shape index (κ3) is 1.72. The second-order valence-corrected chi connectivity index (χ2v) is 4.13. The van der Waals surface area contributed by atoms with E-state index in [4.69, 9.17) is 10.2 Å². The molecule has 0 unspecified atom stereocenters. The molecule has 5 nitrogen and oxygen atoms in total. The SMILES string of the molecule is Nc1cccc2c(-c3ccccc3)c([N+](=O)[O-])oc12. The Morgan fingerprint density at radius 3 is 2.47 bits per heavy atom. The van der Waals surface area contributed by atoms with Gasteiger partial charge >= 0.3 is 5.88 Å². The average molecular weight is 254 g/mol. The molecule has 2 aromatic carbocycles. The van der Waals surface area contributed by atoms with Gasteiger partial charge < -0.3 is 10.2 Å². The van der Waals surface area contributed by atoms with Gasteiger partial charge in [0.2, 0.25) is 0 Å². The van der Waals surface area contributed by atoms with E-state index in [0.29, 0.717) is 22.2 Å². The van der Waals surface area contributed by atoms with Crippen molar-refractivity contribution in [2.75, 3.05) is 5.73 Å². The number of hydrogen-bond donors (Lipinski definition) is 1. The van der Waals surface area contributed by atoms with Crippen LogP contribution in [0.2, 0.25) is 0 Å². The van der Waals surface area contributed by atoms with Crippen LogP contribution >= 0.6 is 0 Å². The Labute approximate surface area is 108 Å². The summed E-state index contributed by atoms with van der Waals surface area (Å²) in [5, 5.41) is 11.8. The Balaban J connectivity index is 2.42. The second-order valence-electron chi connectivity index (χ2n) is 4.13. The molecule has 0 amide bonds. The standard InChI is InChI=1S/C14H10N2O3/c15-11-8-4-7-10-12(9-5-2-1-3-6-9)14(16(17)18)19-13(10)11/h1-8H,15H2. The third-order valence-corrected chi connectivity index (χ3v) is 2.96. The van der Waals surface area contributed by atoms with E-state index in [1.54, 1.807) is 30.3 Å². The highest BCUT2D eigenvalue weighted by atomic mass is 16.6. The zero-order chi connectivity index (χ0) is 13.4. The summed E-state index contributed by atoms with van der Waals surface area (Å²) in [5.41, 5.74) is 7.75. The smallest absolute Gasteiger partial charge is 0.398 e. The maximum absolute atomic E-state index is 11.1. The molecule has 5 heteroatoms. The second kappa shape index (κ2) is 4.13. The number of nitro groups is 1. The van der Waals surface area contributed by atoms with E-state index in [2.05, 4.69) is 0 Å². The summed E-state index contributed by atoms with van der Waals surface area (Å²) >= 11 is 0. The van der Waals surface area contributed by atoms with Gasteiger partial charge in [-0.1, -0.05) is 42.5 Å². The van der Waals surface area contributed by atoms with Crippen molar-refractivity contribution in [3.05, 3.63) is 58.6 Å². The van der Waals surface area contributed by atoms with Gasteiger partial charge in [0.05, 0.1) is 5.69 Å². The van der Waals surface area contributed by atoms with E-state index in [1.165, 1.54) is 0 Å². The maximum Gasteiger partial charge on any atom is 0.442 e. The van der Waals surface area contributed by atoms with Crippen molar-refractivity contribution < 1.29 is 9.34 Å². The number of para-hydroxylation sites is 1. The van der Waals surface area contributed by atoms with E-state index in [1.807, 2.05) is 18.2 Å². The molecule has 0 bridgehead atoms. The van der Waals surface area contributed by atoms with Crippen LogP contribution in [0.4, 0.5) is 11.6 Å². The molecule has 0 spiro atoms. The number of nitrogens with two attached hydrogens (primary N) is 1. The first-order valence-electron chi connectivity index (χ1n) is 5.69. The van der Waals surface area contributed by atoms with E-state index in [9.17, 15) is 10.1 Å². The van der Waals surface area contributed by atoms with Crippen molar-refractivity contribution in [1.82, 2.24) is 0 Å². The van der Waals surface area contributed by atoms with Gasteiger partial charge in [-0.15, -0.1) is 0 Å². The molecule has 1 aromatic heterocycles. The average Bonchev–Trinajstić information content (AvgIpc) is 2.81. The largest absolute Gasteiger partial charge is 0.442 e. The Bertz CT molecular complexity index is 763. The molecule has 0 aliphatic rings. The minimum Gasteiger partial charge on any atom is -0.398 e. The van der Waals surface area contributed by atoms with Gasteiger partial charge in [0.1, 0.15) is 10.5 Å². The first kappa shape index (κ1) is 11.3. The van der Waals surface area contributed by atoms with Gasteiger partial charge in [0, 0.05) is 5.39 Å². The van der Waals surface area contributed by atoms with Crippen LogP contribution in [0.25, 0.3) is 22.1 Å². The lowest BCUT2D eigenvalue weighted by Crippen LogP contribution is -1.87. The molecule has 3 aromatic rings. The van der Waals surface area contributed by atoms with Gasteiger partial charge in [0.25, 0.3) is 0 Å². The zero-order valence-electron chi connectivity index (χ0n) is 9.87. The van der Waals surface area contributed by atoms with Crippen molar-refractivity contribution in [2.45, 2.75) is 0 Å². The van der Waals surface area contributed by atoms with Crippen LogP contribution in [0.1, 0.15) is 0 Å². The number of hydrogen-bond acceptors (Lipinski definition) is 4. The molecule has 0 fully saturated rings. The quantitative estimate of drug-likeness (QED) is 0.430. The fourth-order valence-electron chi connectivity index (χ4n) is 2.14. The zero-order valence-corrected chi connectivity index (χ0v) is 9.87. The first-order valence-corrected chi connectivity index (χ1v) is 5.69. The Morgan fingerprint density at radius 1 is 1.05 bits per heavy atom. The topological polar surface area (TPSA) is 82.3 Å². The molecular weight excluding hydrogens is 244 g/mol. The van der Waals surface area contributed by atoms with Crippen LogP contribution in [-0.2, 0) is 0 Å². The molecule has 0 aliphatic carbocycles. The highest BCUT2D eigenvalue weighted by Crippen LogP contribution is 2.41. The van der Waals surface area contributed by atoms with Crippen LogP contribution in [0, 0.1) is 10.1 Å². The number of anilines is 1. The fourth-order valence-corrected chi connectivity index (χ4v) is 2.14. The van der Waals surface area contributed by atoms with Crippen LogP contribution in [0.3, 0.4) is 0 Å². The summed E-state index contributed by atoms with van der Waals surface area (Å²) in [6.45, 7) is 0. The Morgan fingerprint density at radius 2 is 1.79 bits per heavy atom. The monoisotopic (exact) mass is 254 g/mol. The first-order chi connectivity index (χ1) is 9.18. The maximum atomic E-state index is 11.1. The fraction of sp³-hybridized carbons (Fsp3) is 0. The van der Waals surface area contributed by atoms with Crippen molar-refractivity contribution in [1.29, 1.82) is 0 Å². The normalized spacial score (nSPS) is 10.7. The lowest BCUT2D eigenvalue weighted by molar-refractivity contribution is -0.400. The highest BCUT2D eigenvalue weighted by Gasteiger charge is 2.25. The molecule has 19 heavy (non-hydrogen) atoms. The predicted octanol–water partition coefficient (Wildman–Crippen LogP) is 3.59. The van der Waals surface area contributed by atoms with Crippen molar-refractivity contribution in [2.24, 2.45) is 0 Å². The number of nitrogen functional groups attached to an aromatic ring is 1. The molecule has 0 aliphatic heterocycles. The minimum absolute atomic E-state index is 0.279. The van der Waals surface area contributed by atoms with Gasteiger partial charge in [-0.3, -0.25) is 10.1 Å². The van der Waals surface area contributed by atoms with E-state index < -0.39 is 4.92 Å². The number of nitrogens with zero attached hydrogens (tertiary/aromatic N) is 1. The van der Waals surface area contributed by atoms with E-state index in [-0.39, 0.29) is 5.88 Å². The van der Waals surface area contributed by atoms with Crippen LogP contribution in [0.5, 0.6) is 0 Å². The Hall–Kier alpha value is -2.82. The Kier molecular flexibility index (Phi) is 2.45. The summed E-state index contributed by atoms with van der Waals surface area (Å²) in [5.74, 6) is -0.279. The molecular formula is C14H10N2O3. The van der Waals surface area contributed by atoms with Crippen molar-refractivity contribution in [3.8, 4) is 11.1 Å².